The van der Waals surface area contributed by atoms with Crippen LogP contribution in [0.1, 0.15) is 37.0 Å². The summed E-state index contributed by atoms with van der Waals surface area (Å²) in [6.07, 6.45) is 5.21. The smallest absolute Gasteiger partial charge is 0.266 e. The molecule has 6 heteroatoms. The third-order valence-corrected chi connectivity index (χ3v) is 6.04. The van der Waals surface area contributed by atoms with Crippen LogP contribution in [0.5, 0.6) is 11.5 Å². The Bertz CT molecular complexity index is 986. The van der Waals surface area contributed by atoms with Crippen molar-refractivity contribution in [3.8, 4) is 11.5 Å². The minimum atomic E-state index is -0.0375. The maximum atomic E-state index is 12.7. The molecule has 0 aromatic heterocycles. The highest BCUT2D eigenvalue weighted by molar-refractivity contribution is 8.26. The zero-order valence-electron chi connectivity index (χ0n) is 17.9. The van der Waals surface area contributed by atoms with E-state index in [1.165, 1.54) is 11.8 Å². The summed E-state index contributed by atoms with van der Waals surface area (Å²) < 4.78 is 12.7. The number of thioether (sulfide) groups is 1. The number of ether oxygens (including phenoxy) is 2. The van der Waals surface area contributed by atoms with Gasteiger partial charge in [-0.15, -0.1) is 6.58 Å². The molecule has 0 unspecified atom stereocenters. The minimum absolute atomic E-state index is 0.0375. The molecule has 4 nitrogen and oxygen atoms in total. The van der Waals surface area contributed by atoms with E-state index in [0.717, 1.165) is 23.1 Å². The van der Waals surface area contributed by atoms with E-state index in [1.54, 1.807) is 4.90 Å². The third-order valence-electron chi connectivity index (χ3n) is 4.66. The molecule has 0 bridgehead atoms. The van der Waals surface area contributed by atoms with Gasteiger partial charge in [0, 0.05) is 12.1 Å². The number of rotatable bonds is 10. The van der Waals surface area contributed by atoms with Gasteiger partial charge in [-0.3, -0.25) is 9.69 Å². The highest BCUT2D eigenvalue weighted by atomic mass is 32.2. The van der Waals surface area contributed by atoms with E-state index >= 15 is 0 Å². The van der Waals surface area contributed by atoms with Crippen LogP contribution in [0.25, 0.3) is 6.08 Å². The molecule has 0 aliphatic carbocycles. The zero-order valence-corrected chi connectivity index (χ0v) is 19.6. The molecule has 1 fully saturated rings. The Balaban J connectivity index is 1.94. The molecule has 0 saturated carbocycles. The number of hydrogen-bond acceptors (Lipinski definition) is 5. The summed E-state index contributed by atoms with van der Waals surface area (Å²) in [5.41, 5.74) is 2.93. The van der Waals surface area contributed by atoms with Crippen LogP contribution in [-0.2, 0) is 17.8 Å². The van der Waals surface area contributed by atoms with Gasteiger partial charge in [-0.2, -0.15) is 0 Å². The van der Waals surface area contributed by atoms with Crippen molar-refractivity contribution in [1.29, 1.82) is 0 Å². The van der Waals surface area contributed by atoms with Crippen LogP contribution in [0.4, 0.5) is 0 Å². The number of nitrogens with zero attached hydrogens (tertiary/aromatic N) is 1. The molecule has 1 heterocycles. The molecule has 162 valence electrons. The van der Waals surface area contributed by atoms with Crippen molar-refractivity contribution in [1.82, 2.24) is 4.90 Å². The molecule has 1 amide bonds. The van der Waals surface area contributed by atoms with Gasteiger partial charge in [0.05, 0.1) is 11.5 Å². The third kappa shape index (κ3) is 5.77. The highest BCUT2D eigenvalue weighted by Gasteiger charge is 2.31. The number of amides is 1. The van der Waals surface area contributed by atoms with Gasteiger partial charge in [0.25, 0.3) is 5.91 Å². The van der Waals surface area contributed by atoms with Gasteiger partial charge in [0.15, 0.2) is 11.5 Å². The summed E-state index contributed by atoms with van der Waals surface area (Å²) in [6.45, 7) is 9.45. The summed E-state index contributed by atoms with van der Waals surface area (Å²) >= 11 is 6.73. The molecular weight excluding hydrogens is 426 g/mol. The first kappa shape index (κ1) is 23.1. The zero-order chi connectivity index (χ0) is 22.2. The molecular formula is C25H27NO3S2. The lowest BCUT2D eigenvalue weighted by atomic mass is 10.0. The van der Waals surface area contributed by atoms with Gasteiger partial charge in [-0.05, 0) is 49.1 Å². The number of thiocarbonyl (C=S) groups is 1. The Kier molecular flexibility index (Phi) is 8.32. The Morgan fingerprint density at radius 1 is 1.16 bits per heavy atom. The second-order valence-electron chi connectivity index (χ2n) is 7.04. The van der Waals surface area contributed by atoms with Gasteiger partial charge in [-0.25, -0.2) is 0 Å². The van der Waals surface area contributed by atoms with E-state index in [4.69, 9.17) is 21.7 Å². The molecule has 1 aliphatic rings. The topological polar surface area (TPSA) is 38.8 Å². The molecule has 2 aromatic carbocycles. The molecule has 31 heavy (non-hydrogen) atoms. The van der Waals surface area contributed by atoms with Gasteiger partial charge in [0.1, 0.15) is 10.9 Å². The first-order valence-corrected chi connectivity index (χ1v) is 11.6. The largest absolute Gasteiger partial charge is 0.490 e. The van der Waals surface area contributed by atoms with Crippen LogP contribution in [-0.4, -0.2) is 28.3 Å². The second kappa shape index (κ2) is 11.2. The maximum absolute atomic E-state index is 12.7. The Morgan fingerprint density at radius 3 is 2.61 bits per heavy atom. The first-order valence-electron chi connectivity index (χ1n) is 10.4. The predicted molar refractivity (Wildman–Crippen MR) is 132 cm³/mol. The average Bonchev–Trinajstić information content (AvgIpc) is 3.02. The summed E-state index contributed by atoms with van der Waals surface area (Å²) in [7, 11) is 0. The summed E-state index contributed by atoms with van der Waals surface area (Å²) in [6, 6.07) is 14.0. The Labute approximate surface area is 193 Å². The average molecular weight is 454 g/mol. The quantitative estimate of drug-likeness (QED) is 0.250. The van der Waals surface area contributed by atoms with Crippen LogP contribution in [0.3, 0.4) is 0 Å². The van der Waals surface area contributed by atoms with Crippen molar-refractivity contribution < 1.29 is 14.3 Å². The normalized spacial score (nSPS) is 14.9. The van der Waals surface area contributed by atoms with E-state index in [0.29, 0.717) is 46.9 Å². The fraction of sp³-hybridized carbons (Fsp3) is 0.280. The van der Waals surface area contributed by atoms with Crippen LogP contribution in [0.2, 0.25) is 0 Å². The minimum Gasteiger partial charge on any atom is -0.490 e. The van der Waals surface area contributed by atoms with Crippen LogP contribution in [0.15, 0.2) is 60.0 Å². The standard InChI is InChI=1S/C25H27NO3S2/c1-4-10-20-14-19(16-22-24(27)26(13-5-2)25(30)31-22)15-21(28-6-3)23(20)29-17-18-11-8-7-9-12-18/h4,7-9,11-12,14-16H,1,5-6,10,13,17H2,2-3H3/b22-16+. The lowest BCUT2D eigenvalue weighted by Gasteiger charge is -2.17. The van der Waals surface area contributed by atoms with Gasteiger partial charge < -0.3 is 9.47 Å². The first-order chi connectivity index (χ1) is 15.1. The number of allylic oxidation sites excluding steroid dienone is 1. The van der Waals surface area contributed by atoms with Gasteiger partial charge in [-0.1, -0.05) is 67.3 Å². The van der Waals surface area contributed by atoms with E-state index in [9.17, 15) is 4.79 Å². The summed E-state index contributed by atoms with van der Waals surface area (Å²) in [5.74, 6) is 1.33. The molecule has 2 aromatic rings. The summed E-state index contributed by atoms with van der Waals surface area (Å²) in [5, 5.41) is 0. The molecule has 1 saturated heterocycles. The van der Waals surface area contributed by atoms with E-state index in [1.807, 2.05) is 68.5 Å². The second-order valence-corrected chi connectivity index (χ2v) is 8.72. The van der Waals surface area contributed by atoms with Crippen LogP contribution in [0, 0.1) is 0 Å². The number of carbonyl (C=O) groups excluding carboxylic acids is 1. The number of carbonyl (C=O) groups is 1. The van der Waals surface area contributed by atoms with E-state index in [-0.39, 0.29) is 5.91 Å². The molecule has 0 atom stereocenters. The molecule has 0 spiro atoms. The van der Waals surface area contributed by atoms with E-state index in [2.05, 4.69) is 6.58 Å². The predicted octanol–water partition coefficient (Wildman–Crippen LogP) is 6.00. The molecule has 1 aliphatic heterocycles. The molecule has 3 rings (SSSR count). The van der Waals surface area contributed by atoms with Crippen LogP contribution < -0.4 is 9.47 Å². The highest BCUT2D eigenvalue weighted by Crippen LogP contribution is 2.37. The number of benzene rings is 2. The van der Waals surface area contributed by atoms with Crippen molar-refractivity contribution >= 4 is 40.3 Å². The van der Waals surface area contributed by atoms with E-state index < -0.39 is 0 Å². The monoisotopic (exact) mass is 453 g/mol. The molecule has 0 radical (unpaired) electrons. The van der Waals surface area contributed by atoms with Crippen molar-refractivity contribution in [3.63, 3.8) is 0 Å². The number of hydrogen-bond donors (Lipinski definition) is 0. The lowest BCUT2D eigenvalue weighted by Crippen LogP contribution is -2.28. The lowest BCUT2D eigenvalue weighted by molar-refractivity contribution is -0.122. The van der Waals surface area contributed by atoms with Crippen molar-refractivity contribution in [2.75, 3.05) is 13.2 Å². The fourth-order valence-corrected chi connectivity index (χ4v) is 4.61. The van der Waals surface area contributed by atoms with Gasteiger partial charge >= 0.3 is 0 Å². The maximum Gasteiger partial charge on any atom is 0.266 e. The van der Waals surface area contributed by atoms with Crippen LogP contribution >= 0.6 is 24.0 Å². The van der Waals surface area contributed by atoms with Gasteiger partial charge in [0.2, 0.25) is 0 Å². The Morgan fingerprint density at radius 2 is 1.94 bits per heavy atom. The fourth-order valence-electron chi connectivity index (χ4n) is 3.30. The van der Waals surface area contributed by atoms with Crippen molar-refractivity contribution in [2.24, 2.45) is 0 Å². The van der Waals surface area contributed by atoms with Crippen molar-refractivity contribution in [3.05, 3.63) is 76.7 Å². The SMILES string of the molecule is C=CCc1cc(/C=C2/SC(=S)N(CCC)C2=O)cc(OCC)c1OCc1ccccc1. The summed E-state index contributed by atoms with van der Waals surface area (Å²) in [4.78, 5) is 15.0. The molecule has 0 N–H and O–H groups in total. The van der Waals surface area contributed by atoms with Crippen molar-refractivity contribution in [2.45, 2.75) is 33.3 Å². The Hall–Kier alpha value is -2.57.